The average molecular weight is 323 g/mol. The predicted octanol–water partition coefficient (Wildman–Crippen LogP) is 4.65. The fourth-order valence-corrected chi connectivity index (χ4v) is 4.04. The molecule has 4 rings (SSSR count). The van der Waals surface area contributed by atoms with Crippen LogP contribution in [-0.2, 0) is 6.54 Å². The minimum atomic E-state index is -0.282. The molecule has 1 saturated heterocycles. The van der Waals surface area contributed by atoms with Crippen molar-refractivity contribution in [3.05, 3.63) is 71.6 Å². The van der Waals surface area contributed by atoms with Crippen LogP contribution < -0.4 is 4.74 Å². The summed E-state index contributed by atoms with van der Waals surface area (Å²) in [5.74, 6) is 0.0267. The summed E-state index contributed by atoms with van der Waals surface area (Å²) in [4.78, 5) is 2.60. The largest absolute Gasteiger partial charge is 0.494 e. The Bertz CT molecular complexity index is 756. The first-order valence-corrected chi connectivity index (χ1v) is 8.59. The zero-order chi connectivity index (χ0) is 16.5. The van der Waals surface area contributed by atoms with Crippen molar-refractivity contribution in [3.8, 4) is 5.75 Å². The molecule has 2 aliphatic heterocycles. The Morgan fingerprint density at radius 3 is 2.67 bits per heavy atom. The van der Waals surface area contributed by atoms with E-state index >= 15 is 0 Å². The molecule has 0 radical (unpaired) electrons. The highest BCUT2D eigenvalue weighted by molar-refractivity contribution is 5.68. The molecule has 124 valence electrons. The molecule has 0 N–H and O–H groups in total. The third-order valence-electron chi connectivity index (χ3n) is 5.27. The van der Waals surface area contributed by atoms with Crippen LogP contribution in [0.5, 0.6) is 5.75 Å². The van der Waals surface area contributed by atoms with Gasteiger partial charge in [-0.2, -0.15) is 0 Å². The average Bonchev–Trinajstić information content (AvgIpc) is 2.83. The second-order valence-electron chi connectivity index (χ2n) is 6.70. The Hall–Kier alpha value is -2.13. The summed E-state index contributed by atoms with van der Waals surface area (Å²) in [7, 11) is 1.50. The maximum atomic E-state index is 14.0. The highest BCUT2D eigenvalue weighted by Crippen LogP contribution is 2.39. The molecule has 0 saturated carbocycles. The molecule has 2 atom stereocenters. The van der Waals surface area contributed by atoms with E-state index in [1.165, 1.54) is 31.1 Å². The number of methoxy groups -OCH3 is 1. The lowest BCUT2D eigenvalue weighted by molar-refractivity contribution is 0.203. The van der Waals surface area contributed by atoms with Crippen molar-refractivity contribution >= 4 is 5.57 Å². The van der Waals surface area contributed by atoms with Crippen LogP contribution in [0.4, 0.5) is 4.39 Å². The number of ether oxygens (including phenoxy) is 1. The van der Waals surface area contributed by atoms with Crippen LogP contribution in [0.25, 0.3) is 5.57 Å². The summed E-state index contributed by atoms with van der Waals surface area (Å²) in [6.45, 7) is 0.997. The Labute approximate surface area is 142 Å². The van der Waals surface area contributed by atoms with Crippen molar-refractivity contribution in [1.29, 1.82) is 0 Å². The van der Waals surface area contributed by atoms with Crippen LogP contribution in [0.15, 0.2) is 54.6 Å². The van der Waals surface area contributed by atoms with Crippen LogP contribution in [0.1, 0.15) is 30.4 Å². The van der Waals surface area contributed by atoms with Gasteiger partial charge in [0, 0.05) is 18.6 Å². The van der Waals surface area contributed by atoms with Gasteiger partial charge in [-0.25, -0.2) is 4.39 Å². The lowest BCUT2D eigenvalue weighted by Gasteiger charge is -2.34. The third-order valence-corrected chi connectivity index (χ3v) is 5.27. The number of nitrogens with zero attached hydrogens (tertiary/aromatic N) is 1. The van der Waals surface area contributed by atoms with Crippen molar-refractivity contribution in [2.24, 2.45) is 0 Å². The van der Waals surface area contributed by atoms with E-state index in [2.05, 4.69) is 41.3 Å². The SMILES string of the molecule is COc1ccc(C2=CC3CCC(C2)N3Cc2ccccc2)cc1F. The fraction of sp³-hybridized carbons (Fsp3) is 0.333. The Morgan fingerprint density at radius 2 is 1.96 bits per heavy atom. The van der Waals surface area contributed by atoms with Crippen LogP contribution in [-0.4, -0.2) is 24.1 Å². The number of hydrogen-bond donors (Lipinski definition) is 0. The molecular weight excluding hydrogens is 301 g/mol. The molecule has 1 fully saturated rings. The molecule has 0 aromatic heterocycles. The number of fused-ring (bicyclic) bond motifs is 2. The van der Waals surface area contributed by atoms with Gasteiger partial charge in [0.05, 0.1) is 7.11 Å². The van der Waals surface area contributed by atoms with E-state index in [0.717, 1.165) is 18.5 Å². The Kier molecular flexibility index (Phi) is 4.11. The van der Waals surface area contributed by atoms with Crippen molar-refractivity contribution < 1.29 is 9.13 Å². The molecule has 3 heteroatoms. The topological polar surface area (TPSA) is 12.5 Å². The molecule has 2 heterocycles. The maximum absolute atomic E-state index is 14.0. The second-order valence-corrected chi connectivity index (χ2v) is 6.70. The highest BCUT2D eigenvalue weighted by atomic mass is 19.1. The zero-order valence-corrected chi connectivity index (χ0v) is 13.9. The molecule has 24 heavy (non-hydrogen) atoms. The summed E-state index contributed by atoms with van der Waals surface area (Å²) >= 11 is 0. The summed E-state index contributed by atoms with van der Waals surface area (Å²) in [5, 5.41) is 0. The normalized spacial score (nSPS) is 23.2. The standard InChI is InChI=1S/C21H22FNO/c1-24-21-10-7-16(13-20(21)22)17-11-18-8-9-19(12-17)23(18)14-15-5-3-2-4-6-15/h2-7,10-11,13,18-19H,8-9,12,14H2,1H3. The van der Waals surface area contributed by atoms with Crippen molar-refractivity contribution in [2.45, 2.75) is 37.9 Å². The number of benzene rings is 2. The minimum absolute atomic E-state index is 0.282. The second kappa shape index (κ2) is 6.40. The van der Waals surface area contributed by atoms with Gasteiger partial charge in [0.2, 0.25) is 0 Å². The van der Waals surface area contributed by atoms with Crippen molar-refractivity contribution in [1.82, 2.24) is 4.90 Å². The van der Waals surface area contributed by atoms with Gasteiger partial charge in [-0.15, -0.1) is 0 Å². The lowest BCUT2D eigenvalue weighted by atomic mass is 9.94. The van der Waals surface area contributed by atoms with E-state index < -0.39 is 0 Å². The van der Waals surface area contributed by atoms with E-state index in [1.807, 2.05) is 6.07 Å². The lowest BCUT2D eigenvalue weighted by Crippen LogP contribution is -2.37. The zero-order valence-electron chi connectivity index (χ0n) is 13.9. The van der Waals surface area contributed by atoms with Crippen molar-refractivity contribution in [2.75, 3.05) is 7.11 Å². The van der Waals surface area contributed by atoms with Gasteiger partial charge < -0.3 is 4.74 Å². The Morgan fingerprint density at radius 1 is 1.12 bits per heavy atom. The van der Waals surface area contributed by atoms with E-state index in [4.69, 9.17) is 4.74 Å². The highest BCUT2D eigenvalue weighted by Gasteiger charge is 2.36. The van der Waals surface area contributed by atoms with E-state index in [1.54, 1.807) is 12.1 Å². The summed E-state index contributed by atoms with van der Waals surface area (Å²) in [6.07, 6.45) is 5.75. The molecule has 0 spiro atoms. The molecule has 2 aromatic carbocycles. The van der Waals surface area contributed by atoms with Crippen LogP contribution in [0, 0.1) is 5.82 Å². The monoisotopic (exact) mass is 323 g/mol. The third kappa shape index (κ3) is 2.84. The summed E-state index contributed by atoms with van der Waals surface area (Å²) < 4.78 is 19.0. The molecule has 2 aromatic rings. The molecule has 2 aliphatic rings. The van der Waals surface area contributed by atoms with Crippen LogP contribution in [0.2, 0.25) is 0 Å². The predicted molar refractivity (Wildman–Crippen MR) is 94.3 cm³/mol. The fourth-order valence-electron chi connectivity index (χ4n) is 4.04. The van der Waals surface area contributed by atoms with Gasteiger partial charge >= 0.3 is 0 Å². The molecular formula is C21H22FNO. The van der Waals surface area contributed by atoms with E-state index in [9.17, 15) is 4.39 Å². The van der Waals surface area contributed by atoms with Gasteiger partial charge in [-0.05, 0) is 48.1 Å². The van der Waals surface area contributed by atoms with Crippen molar-refractivity contribution in [3.63, 3.8) is 0 Å². The minimum Gasteiger partial charge on any atom is -0.494 e. The molecule has 2 nitrogen and oxygen atoms in total. The Balaban J connectivity index is 1.56. The summed E-state index contributed by atoms with van der Waals surface area (Å²) in [6, 6.07) is 17.0. The first-order valence-electron chi connectivity index (χ1n) is 8.59. The van der Waals surface area contributed by atoms with Crippen LogP contribution in [0.3, 0.4) is 0 Å². The van der Waals surface area contributed by atoms with Gasteiger partial charge in [-0.1, -0.05) is 42.5 Å². The number of halogens is 1. The smallest absolute Gasteiger partial charge is 0.165 e. The van der Waals surface area contributed by atoms with Gasteiger partial charge in [-0.3, -0.25) is 4.90 Å². The van der Waals surface area contributed by atoms with Gasteiger partial charge in [0.1, 0.15) is 0 Å². The number of rotatable bonds is 4. The van der Waals surface area contributed by atoms with Crippen LogP contribution >= 0.6 is 0 Å². The maximum Gasteiger partial charge on any atom is 0.165 e. The first-order chi connectivity index (χ1) is 11.7. The van der Waals surface area contributed by atoms with Gasteiger partial charge in [0.15, 0.2) is 11.6 Å². The molecule has 0 amide bonds. The summed E-state index contributed by atoms with van der Waals surface area (Å²) in [5.41, 5.74) is 3.62. The quantitative estimate of drug-likeness (QED) is 0.812. The molecule has 2 bridgehead atoms. The first kappa shape index (κ1) is 15.4. The van der Waals surface area contributed by atoms with E-state index in [-0.39, 0.29) is 5.82 Å². The molecule has 0 aliphatic carbocycles. The molecule has 2 unspecified atom stereocenters. The van der Waals surface area contributed by atoms with Gasteiger partial charge in [0.25, 0.3) is 0 Å². The number of hydrogen-bond acceptors (Lipinski definition) is 2. The van der Waals surface area contributed by atoms with E-state index in [0.29, 0.717) is 17.8 Å².